The highest BCUT2D eigenvalue weighted by molar-refractivity contribution is 5.75. The summed E-state index contributed by atoms with van der Waals surface area (Å²) in [4.78, 5) is 13.6. The van der Waals surface area contributed by atoms with Gasteiger partial charge in [-0.25, -0.2) is 0 Å². The second-order valence-corrected chi connectivity index (χ2v) is 4.55. The molecule has 1 aromatic rings. The maximum Gasteiger partial charge on any atom is 0.325 e. The number of carbonyl (C=O) groups is 1. The first-order chi connectivity index (χ1) is 9.13. The lowest BCUT2D eigenvalue weighted by molar-refractivity contribution is -0.143. The Morgan fingerprint density at radius 1 is 1.32 bits per heavy atom. The quantitative estimate of drug-likeness (QED) is 0.785. The van der Waals surface area contributed by atoms with Crippen LogP contribution in [0.4, 0.5) is 0 Å². The van der Waals surface area contributed by atoms with Gasteiger partial charge in [0, 0.05) is 0 Å². The van der Waals surface area contributed by atoms with Crippen molar-refractivity contribution in [1.29, 1.82) is 0 Å². The third-order valence-electron chi connectivity index (χ3n) is 3.03. The molecule has 0 amide bonds. The van der Waals surface area contributed by atoms with Gasteiger partial charge in [0.2, 0.25) is 0 Å². The maximum absolute atomic E-state index is 11.6. The van der Waals surface area contributed by atoms with Crippen LogP contribution in [0.1, 0.15) is 38.3 Å². The molecule has 1 atom stereocenters. The van der Waals surface area contributed by atoms with E-state index < -0.39 is 12.0 Å². The first-order valence-corrected chi connectivity index (χ1v) is 6.74. The predicted octanol–water partition coefficient (Wildman–Crippen LogP) is 2.94. The first kappa shape index (κ1) is 15.5. The molecule has 4 nitrogen and oxygen atoms in total. The molecule has 0 spiro atoms. The minimum atomic E-state index is -0.810. The molecule has 0 fully saturated rings. The molecule has 1 rings (SSSR count). The average Bonchev–Trinajstić information content (AvgIpc) is 2.39. The molecule has 0 aliphatic carbocycles. The Hall–Kier alpha value is -1.55. The molecule has 0 bridgehead atoms. The van der Waals surface area contributed by atoms with Crippen LogP contribution in [-0.2, 0) is 4.79 Å². The summed E-state index contributed by atoms with van der Waals surface area (Å²) < 4.78 is 5.17. The van der Waals surface area contributed by atoms with Crippen molar-refractivity contribution >= 4 is 5.97 Å². The van der Waals surface area contributed by atoms with Crippen LogP contribution in [0.3, 0.4) is 0 Å². The highest BCUT2D eigenvalue weighted by Gasteiger charge is 2.26. The zero-order valence-electron chi connectivity index (χ0n) is 11.9. The van der Waals surface area contributed by atoms with Gasteiger partial charge in [-0.3, -0.25) is 9.69 Å². The number of aliphatic carboxylic acids is 1. The van der Waals surface area contributed by atoms with E-state index in [9.17, 15) is 9.90 Å². The van der Waals surface area contributed by atoms with Crippen molar-refractivity contribution in [3.8, 4) is 5.75 Å². The van der Waals surface area contributed by atoms with Gasteiger partial charge in [0.1, 0.15) is 11.8 Å². The van der Waals surface area contributed by atoms with E-state index in [2.05, 4.69) is 13.8 Å². The fraction of sp³-hybridized carbons (Fsp3) is 0.533. The number of ether oxygens (including phenoxy) is 1. The van der Waals surface area contributed by atoms with Gasteiger partial charge in [0.25, 0.3) is 0 Å². The summed E-state index contributed by atoms with van der Waals surface area (Å²) in [5.41, 5.74) is 0.772. The van der Waals surface area contributed by atoms with Crippen molar-refractivity contribution in [2.75, 3.05) is 20.2 Å². The summed E-state index contributed by atoms with van der Waals surface area (Å²) in [7, 11) is 1.59. The van der Waals surface area contributed by atoms with Crippen LogP contribution in [-0.4, -0.2) is 36.2 Å². The smallest absolute Gasteiger partial charge is 0.325 e. The number of benzene rings is 1. The van der Waals surface area contributed by atoms with Crippen LogP contribution in [0.25, 0.3) is 0 Å². The van der Waals surface area contributed by atoms with Crippen molar-refractivity contribution in [3.63, 3.8) is 0 Å². The molecular formula is C15H23NO3. The van der Waals surface area contributed by atoms with Crippen molar-refractivity contribution in [1.82, 2.24) is 4.90 Å². The third-order valence-corrected chi connectivity index (χ3v) is 3.03. The fourth-order valence-electron chi connectivity index (χ4n) is 2.27. The zero-order valence-corrected chi connectivity index (χ0v) is 11.9. The molecular weight excluding hydrogens is 242 g/mol. The Labute approximate surface area is 115 Å². The second kappa shape index (κ2) is 7.79. The highest BCUT2D eigenvalue weighted by atomic mass is 16.5. The topological polar surface area (TPSA) is 49.8 Å². The lowest BCUT2D eigenvalue weighted by Crippen LogP contribution is -2.35. The van der Waals surface area contributed by atoms with Crippen LogP contribution in [0, 0.1) is 0 Å². The van der Waals surface area contributed by atoms with Crippen molar-refractivity contribution in [2.45, 2.75) is 32.7 Å². The maximum atomic E-state index is 11.6. The minimum absolute atomic E-state index is 0.602. The number of carboxylic acid groups (broad SMARTS) is 1. The molecule has 1 N–H and O–H groups in total. The van der Waals surface area contributed by atoms with Gasteiger partial charge in [-0.1, -0.05) is 26.0 Å². The Balaban J connectivity index is 3.06. The van der Waals surface area contributed by atoms with E-state index in [1.54, 1.807) is 13.2 Å². The van der Waals surface area contributed by atoms with Crippen molar-refractivity contribution < 1.29 is 14.6 Å². The number of methoxy groups -OCH3 is 1. The summed E-state index contributed by atoms with van der Waals surface area (Å²) in [6.45, 7) is 5.68. The third kappa shape index (κ3) is 4.24. The first-order valence-electron chi connectivity index (χ1n) is 6.74. The molecule has 1 aromatic carbocycles. The fourth-order valence-corrected chi connectivity index (χ4v) is 2.27. The van der Waals surface area contributed by atoms with E-state index in [1.807, 2.05) is 23.1 Å². The van der Waals surface area contributed by atoms with Gasteiger partial charge >= 0.3 is 5.97 Å². The summed E-state index contributed by atoms with van der Waals surface area (Å²) in [5, 5.41) is 9.53. The molecule has 19 heavy (non-hydrogen) atoms. The van der Waals surface area contributed by atoms with Crippen molar-refractivity contribution in [2.24, 2.45) is 0 Å². The highest BCUT2D eigenvalue weighted by Crippen LogP contribution is 2.25. The summed E-state index contributed by atoms with van der Waals surface area (Å²) >= 11 is 0. The van der Waals surface area contributed by atoms with Gasteiger partial charge in [-0.2, -0.15) is 0 Å². The Morgan fingerprint density at radius 3 is 2.42 bits per heavy atom. The van der Waals surface area contributed by atoms with Crippen LogP contribution >= 0.6 is 0 Å². The van der Waals surface area contributed by atoms with E-state index in [0.717, 1.165) is 31.5 Å². The minimum Gasteiger partial charge on any atom is -0.497 e. The van der Waals surface area contributed by atoms with Gasteiger partial charge in [0.05, 0.1) is 7.11 Å². The molecule has 0 aliphatic rings. The number of hydrogen-bond acceptors (Lipinski definition) is 3. The summed E-state index contributed by atoms with van der Waals surface area (Å²) in [6, 6.07) is 6.71. The standard InChI is InChI=1S/C15H23NO3/c1-4-9-16(10-5-2)14(15(17)18)12-7-6-8-13(11-12)19-3/h6-8,11,14H,4-5,9-10H2,1-3H3,(H,17,18). The number of hydrogen-bond donors (Lipinski definition) is 1. The van der Waals surface area contributed by atoms with Gasteiger partial charge in [0.15, 0.2) is 0 Å². The normalized spacial score (nSPS) is 12.4. The molecule has 0 saturated carbocycles. The van der Waals surface area contributed by atoms with E-state index in [-0.39, 0.29) is 0 Å². The molecule has 0 radical (unpaired) electrons. The van der Waals surface area contributed by atoms with Crippen LogP contribution in [0.5, 0.6) is 5.75 Å². The lowest BCUT2D eigenvalue weighted by Gasteiger charge is -2.28. The summed E-state index contributed by atoms with van der Waals surface area (Å²) in [6.07, 6.45) is 1.88. The van der Waals surface area contributed by atoms with E-state index >= 15 is 0 Å². The number of nitrogens with zero attached hydrogens (tertiary/aromatic N) is 1. The van der Waals surface area contributed by atoms with Crippen LogP contribution in [0.2, 0.25) is 0 Å². The van der Waals surface area contributed by atoms with E-state index in [1.165, 1.54) is 0 Å². The Morgan fingerprint density at radius 2 is 1.95 bits per heavy atom. The largest absolute Gasteiger partial charge is 0.497 e. The van der Waals surface area contributed by atoms with Crippen LogP contribution < -0.4 is 4.74 Å². The molecule has 1 unspecified atom stereocenters. The van der Waals surface area contributed by atoms with Gasteiger partial charge < -0.3 is 9.84 Å². The van der Waals surface area contributed by atoms with Gasteiger partial charge in [-0.05, 0) is 43.6 Å². The Kier molecular flexibility index (Phi) is 6.36. The predicted molar refractivity (Wildman–Crippen MR) is 75.5 cm³/mol. The van der Waals surface area contributed by atoms with E-state index in [0.29, 0.717) is 5.75 Å². The second-order valence-electron chi connectivity index (χ2n) is 4.55. The SMILES string of the molecule is CCCN(CCC)C(C(=O)O)c1cccc(OC)c1. The van der Waals surface area contributed by atoms with Gasteiger partial charge in [-0.15, -0.1) is 0 Å². The zero-order chi connectivity index (χ0) is 14.3. The van der Waals surface area contributed by atoms with E-state index in [4.69, 9.17) is 4.74 Å². The molecule has 0 heterocycles. The Bertz CT molecular complexity index is 400. The average molecular weight is 265 g/mol. The lowest BCUT2D eigenvalue weighted by atomic mass is 10.0. The molecule has 0 saturated heterocycles. The van der Waals surface area contributed by atoms with Crippen molar-refractivity contribution in [3.05, 3.63) is 29.8 Å². The van der Waals surface area contributed by atoms with Crippen LogP contribution in [0.15, 0.2) is 24.3 Å². The molecule has 4 heteroatoms. The molecule has 106 valence electrons. The summed E-state index contributed by atoms with van der Waals surface area (Å²) in [5.74, 6) is -0.119. The number of carboxylic acids is 1. The molecule has 0 aliphatic heterocycles. The number of rotatable bonds is 8. The monoisotopic (exact) mass is 265 g/mol. The molecule has 0 aromatic heterocycles.